The highest BCUT2D eigenvalue weighted by Crippen LogP contribution is 2.22. The molecule has 0 atom stereocenters. The van der Waals surface area contributed by atoms with E-state index in [2.05, 4.69) is 10.2 Å². The van der Waals surface area contributed by atoms with E-state index < -0.39 is 0 Å². The molecule has 3 rings (SSSR count). The number of imide groups is 1. The van der Waals surface area contributed by atoms with Crippen molar-refractivity contribution in [3.05, 3.63) is 35.4 Å². The smallest absolute Gasteiger partial charge is 0.308 e. The number of ether oxygens (including phenoxy) is 1. The molecule has 0 radical (unpaired) electrons. The molecule has 2 amide bonds. The number of carbonyl (C=O) groups excluding carboxylic acids is 3. The third-order valence-corrected chi connectivity index (χ3v) is 5.59. The largest absolute Gasteiger partial charge is 0.469 e. The van der Waals surface area contributed by atoms with Crippen LogP contribution in [0.2, 0.25) is 0 Å². The van der Waals surface area contributed by atoms with E-state index in [1.807, 2.05) is 6.92 Å². The number of guanidine groups is 1. The van der Waals surface area contributed by atoms with Crippen molar-refractivity contribution in [2.75, 3.05) is 39.8 Å². The van der Waals surface area contributed by atoms with Crippen LogP contribution < -0.4 is 5.32 Å². The molecule has 0 unspecified atom stereocenters. The Morgan fingerprint density at radius 3 is 2.29 bits per heavy atom. The lowest BCUT2D eigenvalue weighted by Gasteiger charge is -2.33. The molecule has 0 aliphatic carbocycles. The Bertz CT molecular complexity index is 786. The second-order valence-electron chi connectivity index (χ2n) is 7.53. The number of carbonyl (C=O) groups is 3. The highest BCUT2D eigenvalue weighted by atomic mass is 127. The van der Waals surface area contributed by atoms with Crippen LogP contribution in [0, 0.1) is 5.92 Å². The number of piperidine rings is 1. The summed E-state index contributed by atoms with van der Waals surface area (Å²) in [6.07, 6.45) is 3.01. The fraction of sp³-hybridized carbons (Fsp3) is 0.545. The molecule has 0 saturated carbocycles. The van der Waals surface area contributed by atoms with Gasteiger partial charge in [0.25, 0.3) is 11.8 Å². The normalized spacial score (nSPS) is 16.8. The minimum atomic E-state index is -0.207. The summed E-state index contributed by atoms with van der Waals surface area (Å²) < 4.78 is 4.85. The summed E-state index contributed by atoms with van der Waals surface area (Å²) in [5.41, 5.74) is 0.982. The number of unbranched alkanes of at least 4 members (excludes halogenated alkanes) is 1. The molecule has 1 aromatic carbocycles. The Hall–Kier alpha value is -2.17. The van der Waals surface area contributed by atoms with Crippen molar-refractivity contribution in [3.8, 4) is 0 Å². The zero-order valence-corrected chi connectivity index (χ0v) is 20.5. The summed E-state index contributed by atoms with van der Waals surface area (Å²) in [5, 5.41) is 3.31. The van der Waals surface area contributed by atoms with E-state index in [0.29, 0.717) is 30.6 Å². The Balaban J connectivity index is 0.00000341. The van der Waals surface area contributed by atoms with Crippen LogP contribution in [0.4, 0.5) is 0 Å². The molecule has 2 heterocycles. The van der Waals surface area contributed by atoms with Crippen LogP contribution in [-0.4, -0.2) is 73.4 Å². The van der Waals surface area contributed by atoms with Crippen LogP contribution >= 0.6 is 24.0 Å². The first-order valence-corrected chi connectivity index (χ1v) is 10.6. The Labute approximate surface area is 200 Å². The Morgan fingerprint density at radius 1 is 1.13 bits per heavy atom. The topological polar surface area (TPSA) is 91.3 Å². The Kier molecular flexibility index (Phi) is 9.73. The predicted molar refractivity (Wildman–Crippen MR) is 129 cm³/mol. The molecule has 0 aromatic heterocycles. The van der Waals surface area contributed by atoms with Crippen molar-refractivity contribution in [1.29, 1.82) is 0 Å². The van der Waals surface area contributed by atoms with Crippen molar-refractivity contribution in [2.45, 2.75) is 32.6 Å². The number of aliphatic imine (C=N–C) groups is 1. The van der Waals surface area contributed by atoms with Crippen LogP contribution in [0.15, 0.2) is 29.3 Å². The average Bonchev–Trinajstić information content (AvgIpc) is 3.02. The minimum Gasteiger partial charge on any atom is -0.469 e. The zero-order chi connectivity index (χ0) is 21.5. The quantitative estimate of drug-likeness (QED) is 0.142. The lowest BCUT2D eigenvalue weighted by Crippen LogP contribution is -2.46. The molecule has 1 N–H and O–H groups in total. The predicted octanol–water partition coefficient (Wildman–Crippen LogP) is 2.53. The molecule has 2 aliphatic rings. The number of hydrogen-bond acceptors (Lipinski definition) is 5. The number of halogens is 1. The van der Waals surface area contributed by atoms with E-state index in [9.17, 15) is 14.4 Å². The first-order valence-electron chi connectivity index (χ1n) is 10.6. The minimum absolute atomic E-state index is 0. The highest BCUT2D eigenvalue weighted by molar-refractivity contribution is 14.0. The van der Waals surface area contributed by atoms with Crippen LogP contribution in [-0.2, 0) is 9.53 Å². The summed E-state index contributed by atoms with van der Waals surface area (Å²) in [7, 11) is 1.43. The van der Waals surface area contributed by atoms with Gasteiger partial charge in [-0.1, -0.05) is 12.1 Å². The van der Waals surface area contributed by atoms with Gasteiger partial charge in [0.1, 0.15) is 0 Å². The van der Waals surface area contributed by atoms with Gasteiger partial charge in [-0.05, 0) is 44.7 Å². The lowest BCUT2D eigenvalue weighted by molar-refractivity contribution is -0.146. The van der Waals surface area contributed by atoms with E-state index in [1.54, 1.807) is 24.3 Å². The number of hydrogen-bond donors (Lipinski definition) is 1. The van der Waals surface area contributed by atoms with Crippen LogP contribution in [0.1, 0.15) is 53.3 Å². The second kappa shape index (κ2) is 12.0. The zero-order valence-electron chi connectivity index (χ0n) is 18.1. The molecule has 1 saturated heterocycles. The highest BCUT2D eigenvalue weighted by Gasteiger charge is 2.34. The van der Waals surface area contributed by atoms with E-state index in [-0.39, 0.29) is 47.7 Å². The maximum absolute atomic E-state index is 12.4. The molecule has 31 heavy (non-hydrogen) atoms. The van der Waals surface area contributed by atoms with Crippen molar-refractivity contribution >= 4 is 47.7 Å². The van der Waals surface area contributed by atoms with Gasteiger partial charge in [0.15, 0.2) is 5.96 Å². The first kappa shape index (κ1) is 25.1. The van der Waals surface area contributed by atoms with Gasteiger partial charge < -0.3 is 15.0 Å². The van der Waals surface area contributed by atoms with Gasteiger partial charge in [-0.3, -0.25) is 24.3 Å². The number of fused-ring (bicyclic) bond motifs is 1. The number of nitrogens with zero attached hydrogens (tertiary/aromatic N) is 3. The Morgan fingerprint density at radius 2 is 1.74 bits per heavy atom. The number of esters is 1. The van der Waals surface area contributed by atoms with Crippen LogP contribution in [0.5, 0.6) is 0 Å². The van der Waals surface area contributed by atoms with Crippen LogP contribution in [0.25, 0.3) is 0 Å². The van der Waals surface area contributed by atoms with E-state index in [1.165, 1.54) is 12.0 Å². The number of nitrogens with one attached hydrogen (secondary N) is 1. The number of benzene rings is 1. The maximum atomic E-state index is 12.4. The molecule has 9 heteroatoms. The van der Waals surface area contributed by atoms with Gasteiger partial charge in [-0.25, -0.2) is 0 Å². The first-order chi connectivity index (χ1) is 14.6. The van der Waals surface area contributed by atoms with Gasteiger partial charge in [0.2, 0.25) is 0 Å². The number of rotatable bonds is 7. The standard InChI is InChI=1S/C22H30N4O4.HI/c1-3-23-22(25-14-10-16(11-15-25)21(29)30-2)24-12-6-7-13-26-19(27)17-8-4-5-9-18(17)20(26)28;/h4-5,8-9,16H,3,6-7,10-15H2,1-2H3,(H,23,24);1H. The van der Waals surface area contributed by atoms with Gasteiger partial charge in [0, 0.05) is 32.7 Å². The molecule has 170 valence electrons. The third kappa shape index (κ3) is 5.96. The lowest BCUT2D eigenvalue weighted by atomic mass is 9.97. The summed E-state index contributed by atoms with van der Waals surface area (Å²) in [6.45, 7) is 5.34. The summed E-state index contributed by atoms with van der Waals surface area (Å²) >= 11 is 0. The molecule has 2 aliphatic heterocycles. The van der Waals surface area contributed by atoms with E-state index in [0.717, 1.165) is 44.9 Å². The third-order valence-electron chi connectivity index (χ3n) is 5.59. The fourth-order valence-electron chi connectivity index (χ4n) is 3.93. The van der Waals surface area contributed by atoms with E-state index >= 15 is 0 Å². The van der Waals surface area contributed by atoms with Crippen molar-refractivity contribution < 1.29 is 19.1 Å². The molecule has 1 fully saturated rings. The number of likely N-dealkylation sites (tertiary alicyclic amines) is 1. The van der Waals surface area contributed by atoms with Crippen molar-refractivity contribution in [3.63, 3.8) is 0 Å². The SMILES string of the molecule is CCNC(=NCCCCN1C(=O)c2ccccc2C1=O)N1CCC(C(=O)OC)CC1.I. The van der Waals surface area contributed by atoms with E-state index in [4.69, 9.17) is 9.73 Å². The van der Waals surface area contributed by atoms with Gasteiger partial charge in [0.05, 0.1) is 24.2 Å². The summed E-state index contributed by atoms with van der Waals surface area (Å²) in [5.74, 6) is 0.266. The van der Waals surface area contributed by atoms with Gasteiger partial charge >= 0.3 is 5.97 Å². The summed E-state index contributed by atoms with van der Waals surface area (Å²) in [4.78, 5) is 44.7. The maximum Gasteiger partial charge on any atom is 0.308 e. The van der Waals surface area contributed by atoms with Crippen molar-refractivity contribution in [2.24, 2.45) is 10.9 Å². The number of methoxy groups -OCH3 is 1. The molecule has 0 bridgehead atoms. The molecular formula is C22H31IN4O4. The van der Waals surface area contributed by atoms with Gasteiger partial charge in [-0.15, -0.1) is 24.0 Å². The fourth-order valence-corrected chi connectivity index (χ4v) is 3.93. The number of amides is 2. The molecule has 0 spiro atoms. The van der Waals surface area contributed by atoms with Crippen LogP contribution in [0.3, 0.4) is 0 Å². The molecule has 8 nitrogen and oxygen atoms in total. The molecule has 1 aromatic rings. The van der Waals surface area contributed by atoms with Gasteiger partial charge in [-0.2, -0.15) is 0 Å². The van der Waals surface area contributed by atoms with Crippen molar-refractivity contribution in [1.82, 2.24) is 15.1 Å². The average molecular weight is 542 g/mol. The summed E-state index contributed by atoms with van der Waals surface area (Å²) in [6, 6.07) is 6.95. The second-order valence-corrected chi connectivity index (χ2v) is 7.53. The molecular weight excluding hydrogens is 511 g/mol. The monoisotopic (exact) mass is 542 g/mol.